The van der Waals surface area contributed by atoms with Gasteiger partial charge in [0.25, 0.3) is 5.91 Å². The van der Waals surface area contributed by atoms with Gasteiger partial charge in [0.15, 0.2) is 0 Å². The highest BCUT2D eigenvalue weighted by molar-refractivity contribution is 8.00. The molecule has 0 aliphatic heterocycles. The van der Waals surface area contributed by atoms with E-state index in [-0.39, 0.29) is 11.8 Å². The quantitative estimate of drug-likeness (QED) is 0.323. The van der Waals surface area contributed by atoms with Crippen LogP contribution in [0, 0.1) is 20.8 Å². The van der Waals surface area contributed by atoms with E-state index in [1.165, 1.54) is 17.3 Å². The molecule has 2 N–H and O–H groups in total. The van der Waals surface area contributed by atoms with E-state index >= 15 is 0 Å². The SMILES string of the molecule is Cc1cccc(NC(=O)CSc2cn(CCNC(=O)c3ccc(C)c(C)c3)c3ccccc23)c1. The molecule has 6 heteroatoms. The third-order valence-electron chi connectivity index (χ3n) is 5.82. The van der Waals surface area contributed by atoms with Crippen LogP contribution < -0.4 is 10.6 Å². The lowest BCUT2D eigenvalue weighted by Crippen LogP contribution is -2.27. The minimum atomic E-state index is -0.0676. The van der Waals surface area contributed by atoms with E-state index in [9.17, 15) is 9.59 Å². The van der Waals surface area contributed by atoms with Gasteiger partial charge in [0.05, 0.1) is 5.75 Å². The van der Waals surface area contributed by atoms with Gasteiger partial charge >= 0.3 is 0 Å². The number of para-hydroxylation sites is 1. The van der Waals surface area contributed by atoms with E-state index in [1.807, 2.05) is 75.4 Å². The Morgan fingerprint density at radius 3 is 2.53 bits per heavy atom. The number of rotatable bonds is 8. The highest BCUT2D eigenvalue weighted by atomic mass is 32.2. The summed E-state index contributed by atoms with van der Waals surface area (Å²) in [5, 5.41) is 7.09. The van der Waals surface area contributed by atoms with Gasteiger partial charge in [-0.1, -0.05) is 36.4 Å². The Kier molecular flexibility index (Phi) is 7.38. The fourth-order valence-corrected chi connectivity index (χ4v) is 4.74. The number of amides is 2. The third kappa shape index (κ3) is 5.69. The van der Waals surface area contributed by atoms with Crippen LogP contribution in [0.4, 0.5) is 5.69 Å². The molecule has 4 aromatic rings. The molecule has 0 aliphatic carbocycles. The van der Waals surface area contributed by atoms with Crippen LogP contribution in [0.2, 0.25) is 0 Å². The molecule has 5 nitrogen and oxygen atoms in total. The monoisotopic (exact) mass is 471 g/mol. The molecule has 0 spiro atoms. The standard InChI is InChI=1S/C28H29N3O2S/c1-19-7-6-8-23(15-19)30-27(32)18-34-26-17-31(25-10-5-4-9-24(25)26)14-13-29-28(33)22-12-11-20(2)21(3)16-22/h4-12,15-17H,13-14,18H2,1-3H3,(H,29,33)(H,30,32). The molecule has 0 aliphatic rings. The van der Waals surface area contributed by atoms with Crippen molar-refractivity contribution in [2.24, 2.45) is 0 Å². The number of hydrogen-bond acceptors (Lipinski definition) is 3. The van der Waals surface area contributed by atoms with E-state index in [4.69, 9.17) is 0 Å². The van der Waals surface area contributed by atoms with E-state index in [0.717, 1.165) is 32.6 Å². The predicted octanol–water partition coefficient (Wildman–Crippen LogP) is 5.73. The molecule has 1 aromatic heterocycles. The van der Waals surface area contributed by atoms with E-state index in [1.54, 1.807) is 0 Å². The van der Waals surface area contributed by atoms with Crippen LogP contribution >= 0.6 is 11.8 Å². The number of carbonyl (C=O) groups excluding carboxylic acids is 2. The maximum Gasteiger partial charge on any atom is 0.251 e. The number of hydrogen-bond donors (Lipinski definition) is 2. The Labute approximate surface area is 204 Å². The van der Waals surface area contributed by atoms with Gasteiger partial charge in [-0.25, -0.2) is 0 Å². The molecular formula is C28H29N3O2S. The number of anilines is 1. The molecule has 174 valence electrons. The summed E-state index contributed by atoms with van der Waals surface area (Å²) in [7, 11) is 0. The molecule has 0 unspecified atom stereocenters. The van der Waals surface area contributed by atoms with Crippen LogP contribution in [0.5, 0.6) is 0 Å². The molecule has 0 bridgehead atoms. The molecule has 34 heavy (non-hydrogen) atoms. The number of fused-ring (bicyclic) bond motifs is 1. The fraction of sp³-hybridized carbons (Fsp3) is 0.214. The molecule has 0 saturated heterocycles. The van der Waals surface area contributed by atoms with Crippen molar-refractivity contribution in [3.05, 3.63) is 95.2 Å². The lowest BCUT2D eigenvalue weighted by atomic mass is 10.1. The first kappa shape index (κ1) is 23.6. The van der Waals surface area contributed by atoms with E-state index in [2.05, 4.69) is 33.5 Å². The van der Waals surface area contributed by atoms with Crippen molar-refractivity contribution < 1.29 is 9.59 Å². The van der Waals surface area contributed by atoms with Crippen LogP contribution in [-0.4, -0.2) is 28.7 Å². The average Bonchev–Trinajstić information content (AvgIpc) is 3.17. The Bertz CT molecular complexity index is 1340. The van der Waals surface area contributed by atoms with Crippen LogP contribution in [0.25, 0.3) is 10.9 Å². The van der Waals surface area contributed by atoms with Gasteiger partial charge in [-0.3, -0.25) is 9.59 Å². The normalized spacial score (nSPS) is 10.9. The number of carbonyl (C=O) groups is 2. The smallest absolute Gasteiger partial charge is 0.251 e. The van der Waals surface area contributed by atoms with Crippen molar-refractivity contribution in [3.63, 3.8) is 0 Å². The molecule has 1 heterocycles. The number of benzene rings is 3. The van der Waals surface area contributed by atoms with Crippen LogP contribution in [0.15, 0.2) is 77.8 Å². The summed E-state index contributed by atoms with van der Waals surface area (Å²) in [4.78, 5) is 26.1. The van der Waals surface area contributed by atoms with Gasteiger partial charge in [0, 0.05) is 46.3 Å². The summed E-state index contributed by atoms with van der Waals surface area (Å²) in [5.41, 5.74) is 5.97. The maximum absolute atomic E-state index is 12.5. The highest BCUT2D eigenvalue weighted by Gasteiger charge is 2.12. The molecule has 2 amide bonds. The van der Waals surface area contributed by atoms with Crippen molar-refractivity contribution >= 4 is 40.2 Å². The second-order valence-corrected chi connectivity index (χ2v) is 9.48. The zero-order valence-electron chi connectivity index (χ0n) is 19.7. The van der Waals surface area contributed by atoms with Gasteiger partial charge in [-0.15, -0.1) is 11.8 Å². The zero-order chi connectivity index (χ0) is 24.1. The lowest BCUT2D eigenvalue weighted by Gasteiger charge is -2.09. The first-order chi connectivity index (χ1) is 16.4. The second kappa shape index (κ2) is 10.6. The molecular weight excluding hydrogens is 442 g/mol. The minimum absolute atomic E-state index is 0.0342. The molecule has 0 saturated carbocycles. The molecule has 4 rings (SSSR count). The van der Waals surface area contributed by atoms with Crippen molar-refractivity contribution in [1.29, 1.82) is 0 Å². The van der Waals surface area contributed by atoms with Crippen LogP contribution in [-0.2, 0) is 11.3 Å². The number of nitrogens with one attached hydrogen (secondary N) is 2. The van der Waals surface area contributed by atoms with Crippen molar-refractivity contribution in [3.8, 4) is 0 Å². The van der Waals surface area contributed by atoms with E-state index < -0.39 is 0 Å². The maximum atomic E-state index is 12.5. The Morgan fingerprint density at radius 2 is 1.74 bits per heavy atom. The van der Waals surface area contributed by atoms with Crippen LogP contribution in [0.1, 0.15) is 27.0 Å². The van der Waals surface area contributed by atoms with Crippen molar-refractivity contribution in [2.45, 2.75) is 32.2 Å². The highest BCUT2D eigenvalue weighted by Crippen LogP contribution is 2.30. The van der Waals surface area contributed by atoms with E-state index in [0.29, 0.717) is 24.4 Å². The van der Waals surface area contributed by atoms with Gasteiger partial charge < -0.3 is 15.2 Å². The molecule has 0 fully saturated rings. The Hall–Kier alpha value is -3.51. The molecule has 3 aromatic carbocycles. The Balaban J connectivity index is 1.38. The first-order valence-electron chi connectivity index (χ1n) is 11.3. The summed E-state index contributed by atoms with van der Waals surface area (Å²) in [5.74, 6) is 0.223. The lowest BCUT2D eigenvalue weighted by molar-refractivity contribution is -0.113. The zero-order valence-corrected chi connectivity index (χ0v) is 20.5. The van der Waals surface area contributed by atoms with Crippen molar-refractivity contribution in [2.75, 3.05) is 17.6 Å². The second-order valence-electron chi connectivity index (χ2n) is 8.47. The summed E-state index contributed by atoms with van der Waals surface area (Å²) in [6.45, 7) is 7.22. The molecule has 0 atom stereocenters. The fourth-order valence-electron chi connectivity index (χ4n) is 3.85. The van der Waals surface area contributed by atoms with Crippen molar-refractivity contribution in [1.82, 2.24) is 9.88 Å². The number of thioether (sulfide) groups is 1. The Morgan fingerprint density at radius 1 is 0.912 bits per heavy atom. The summed E-state index contributed by atoms with van der Waals surface area (Å²) in [6.07, 6.45) is 2.07. The van der Waals surface area contributed by atoms with Crippen LogP contribution in [0.3, 0.4) is 0 Å². The van der Waals surface area contributed by atoms with Gasteiger partial charge in [-0.2, -0.15) is 0 Å². The number of aromatic nitrogens is 1. The third-order valence-corrected chi connectivity index (χ3v) is 6.86. The first-order valence-corrected chi connectivity index (χ1v) is 12.3. The number of nitrogens with zero attached hydrogens (tertiary/aromatic N) is 1. The average molecular weight is 472 g/mol. The predicted molar refractivity (Wildman–Crippen MR) is 141 cm³/mol. The largest absolute Gasteiger partial charge is 0.350 e. The summed E-state index contributed by atoms with van der Waals surface area (Å²) < 4.78 is 2.14. The van der Waals surface area contributed by atoms with Gasteiger partial charge in [-0.05, 0) is 67.8 Å². The van der Waals surface area contributed by atoms with Gasteiger partial charge in [0.2, 0.25) is 5.91 Å². The molecule has 0 radical (unpaired) electrons. The topological polar surface area (TPSA) is 63.1 Å². The minimum Gasteiger partial charge on any atom is -0.350 e. The number of aryl methyl sites for hydroxylation is 3. The summed E-state index contributed by atoms with van der Waals surface area (Å²) >= 11 is 1.52. The van der Waals surface area contributed by atoms with Gasteiger partial charge in [0.1, 0.15) is 0 Å². The summed E-state index contributed by atoms with van der Waals surface area (Å²) in [6, 6.07) is 21.7.